The zero-order valence-corrected chi connectivity index (χ0v) is 20.4. The average Bonchev–Trinajstić information content (AvgIpc) is 3.62. The van der Waals surface area contributed by atoms with Gasteiger partial charge in [-0.25, -0.2) is 4.98 Å². The Hall–Kier alpha value is -3.84. The maximum atomic E-state index is 5.36. The number of nitrogens with zero attached hydrogens (tertiary/aromatic N) is 4. The van der Waals surface area contributed by atoms with Gasteiger partial charge in [0.1, 0.15) is 5.69 Å². The summed E-state index contributed by atoms with van der Waals surface area (Å²) in [5, 5.41) is 11.9. The fraction of sp³-hybridized carbons (Fsp3) is 0.310. The number of pyridine rings is 1. The van der Waals surface area contributed by atoms with Crippen LogP contribution in [0.15, 0.2) is 64.4 Å². The average molecular weight is 479 g/mol. The third kappa shape index (κ3) is 4.93. The van der Waals surface area contributed by atoms with E-state index in [1.165, 1.54) is 44.1 Å². The van der Waals surface area contributed by atoms with Gasteiger partial charge in [-0.05, 0) is 61.1 Å². The minimum atomic E-state index is 0.400. The molecule has 6 rings (SSSR count). The highest BCUT2D eigenvalue weighted by molar-refractivity contribution is 5.99. The molecule has 0 bridgehead atoms. The molecule has 1 saturated carbocycles. The lowest BCUT2D eigenvalue weighted by Gasteiger charge is -2.24. The molecule has 1 saturated heterocycles. The number of hydrogen-bond acceptors (Lipinski definition) is 7. The number of anilines is 2. The zero-order chi connectivity index (χ0) is 24.3. The number of hydrogen-bond donors (Lipinski definition) is 2. The Morgan fingerprint density at radius 3 is 2.61 bits per heavy atom. The molecule has 3 heterocycles. The molecule has 2 fully saturated rings. The summed E-state index contributed by atoms with van der Waals surface area (Å²) in [5.74, 6) is 1.84. The van der Waals surface area contributed by atoms with Crippen LogP contribution in [0.25, 0.3) is 23.1 Å². The third-order valence-corrected chi connectivity index (χ3v) is 7.12. The molecule has 1 aliphatic heterocycles. The molecule has 2 aliphatic rings. The minimum absolute atomic E-state index is 0.400. The van der Waals surface area contributed by atoms with E-state index in [1.807, 2.05) is 24.3 Å². The van der Waals surface area contributed by atoms with Crippen LogP contribution in [0.1, 0.15) is 49.1 Å². The van der Waals surface area contributed by atoms with Crippen molar-refractivity contribution in [1.29, 1.82) is 0 Å². The summed E-state index contributed by atoms with van der Waals surface area (Å²) < 4.78 is 5.03. The van der Waals surface area contributed by atoms with E-state index in [4.69, 9.17) is 14.5 Å². The molecule has 2 aromatic carbocycles. The maximum Gasteiger partial charge on any atom is 0.250 e. The molecule has 0 spiro atoms. The Balaban J connectivity index is 1.35. The topological polar surface area (TPSA) is 98.1 Å². The molecular formula is C29H30N6O. The first-order valence-corrected chi connectivity index (χ1v) is 12.8. The van der Waals surface area contributed by atoms with E-state index in [0.717, 1.165) is 45.8 Å². The lowest BCUT2D eigenvalue weighted by Crippen LogP contribution is -2.24. The number of rotatable bonds is 7. The molecule has 0 amide bonds. The Labute approximate surface area is 210 Å². The van der Waals surface area contributed by atoms with Gasteiger partial charge in [-0.3, -0.25) is 4.99 Å². The molecule has 182 valence electrons. The fourth-order valence-electron chi connectivity index (χ4n) is 5.08. The molecule has 2 aromatic heterocycles. The molecular weight excluding hydrogens is 448 g/mol. The van der Waals surface area contributed by atoms with Crippen LogP contribution in [0, 0.1) is 12.8 Å². The van der Waals surface area contributed by atoms with Crippen molar-refractivity contribution in [3.8, 4) is 0 Å². The Morgan fingerprint density at radius 1 is 1.06 bits per heavy atom. The summed E-state index contributed by atoms with van der Waals surface area (Å²) in [5.41, 5.74) is 6.39. The van der Waals surface area contributed by atoms with Gasteiger partial charge in [0.25, 0.3) is 0 Å². The molecule has 36 heavy (non-hydrogen) atoms. The number of aliphatic imine (C=N–C) groups is 1. The second-order valence-corrected chi connectivity index (χ2v) is 9.64. The molecule has 1 unspecified atom stereocenters. The highest BCUT2D eigenvalue weighted by Crippen LogP contribution is 2.37. The summed E-state index contributed by atoms with van der Waals surface area (Å²) >= 11 is 0. The monoisotopic (exact) mass is 478 g/mol. The number of aromatic nitrogens is 3. The molecule has 7 heteroatoms. The van der Waals surface area contributed by atoms with Crippen molar-refractivity contribution in [2.45, 2.75) is 45.1 Å². The van der Waals surface area contributed by atoms with Crippen molar-refractivity contribution in [1.82, 2.24) is 20.4 Å². The Morgan fingerprint density at radius 2 is 1.86 bits per heavy atom. The molecule has 7 nitrogen and oxygen atoms in total. The molecule has 1 atom stereocenters. The maximum absolute atomic E-state index is 5.36. The largest absolute Gasteiger partial charge is 0.338 e. The van der Waals surface area contributed by atoms with E-state index >= 15 is 0 Å². The standard InChI is InChI=1S/C29H30N6O/c1-19-23-9-5-6-10-24(23)34-29(27(19)35-28(25-17-30-25)21-7-3-2-4-8-21)33-22-14-11-20(12-15-22)13-16-26-31-18-32-36-26/h5-6,9-16,18,21,25,30H,2-4,7-8,17H2,1H3,(H,33,34)/b16-13+,35-28?. The number of fused-ring (bicyclic) bond motifs is 1. The smallest absolute Gasteiger partial charge is 0.250 e. The van der Waals surface area contributed by atoms with Gasteiger partial charge >= 0.3 is 0 Å². The fourth-order valence-corrected chi connectivity index (χ4v) is 5.08. The van der Waals surface area contributed by atoms with Gasteiger partial charge in [-0.2, -0.15) is 4.98 Å². The highest BCUT2D eigenvalue weighted by Gasteiger charge is 2.33. The summed E-state index contributed by atoms with van der Waals surface area (Å²) in [6.45, 7) is 3.19. The van der Waals surface area contributed by atoms with Crippen molar-refractivity contribution >= 4 is 46.0 Å². The second-order valence-electron chi connectivity index (χ2n) is 9.64. The van der Waals surface area contributed by atoms with E-state index in [0.29, 0.717) is 17.9 Å². The van der Waals surface area contributed by atoms with Gasteiger partial charge in [0.2, 0.25) is 5.89 Å². The highest BCUT2D eigenvalue weighted by atomic mass is 16.5. The van der Waals surface area contributed by atoms with Gasteiger partial charge in [0.15, 0.2) is 12.1 Å². The summed E-state index contributed by atoms with van der Waals surface area (Å²) in [4.78, 5) is 14.4. The lowest BCUT2D eigenvalue weighted by atomic mass is 9.84. The van der Waals surface area contributed by atoms with Crippen molar-refractivity contribution in [3.63, 3.8) is 0 Å². The van der Waals surface area contributed by atoms with Gasteiger partial charge < -0.3 is 15.2 Å². The Bertz CT molecular complexity index is 1400. The van der Waals surface area contributed by atoms with Crippen LogP contribution in [0.2, 0.25) is 0 Å². The number of para-hydroxylation sites is 1. The van der Waals surface area contributed by atoms with E-state index in [2.05, 4.69) is 58.0 Å². The van der Waals surface area contributed by atoms with Crippen molar-refractivity contribution in [2.24, 2.45) is 10.9 Å². The van der Waals surface area contributed by atoms with E-state index in [1.54, 1.807) is 6.08 Å². The lowest BCUT2D eigenvalue weighted by molar-refractivity contribution is 0.409. The van der Waals surface area contributed by atoms with Crippen LogP contribution in [-0.2, 0) is 0 Å². The quantitative estimate of drug-likeness (QED) is 0.233. The van der Waals surface area contributed by atoms with Gasteiger partial charge in [-0.15, -0.1) is 0 Å². The second kappa shape index (κ2) is 10.0. The number of benzene rings is 2. The summed E-state index contributed by atoms with van der Waals surface area (Å²) in [6.07, 6.45) is 11.5. The van der Waals surface area contributed by atoms with Crippen molar-refractivity contribution in [3.05, 3.63) is 71.9 Å². The van der Waals surface area contributed by atoms with Gasteiger partial charge in [0, 0.05) is 29.4 Å². The first-order valence-electron chi connectivity index (χ1n) is 12.8. The van der Waals surface area contributed by atoms with Crippen molar-refractivity contribution < 1.29 is 4.52 Å². The van der Waals surface area contributed by atoms with Crippen LogP contribution in [-0.4, -0.2) is 33.4 Å². The van der Waals surface area contributed by atoms with E-state index < -0.39 is 0 Å². The van der Waals surface area contributed by atoms with E-state index in [-0.39, 0.29) is 0 Å². The number of aryl methyl sites for hydroxylation is 1. The van der Waals surface area contributed by atoms with Gasteiger partial charge in [0.05, 0.1) is 11.6 Å². The predicted octanol–water partition coefficient (Wildman–Crippen LogP) is 6.46. The zero-order valence-electron chi connectivity index (χ0n) is 20.4. The summed E-state index contributed by atoms with van der Waals surface area (Å²) in [6, 6.07) is 16.9. The van der Waals surface area contributed by atoms with Crippen LogP contribution in [0.4, 0.5) is 17.2 Å². The first-order chi connectivity index (χ1) is 17.7. The Kier molecular flexibility index (Phi) is 6.30. The molecule has 1 aliphatic carbocycles. The third-order valence-electron chi connectivity index (χ3n) is 7.12. The van der Waals surface area contributed by atoms with Crippen molar-refractivity contribution in [2.75, 3.05) is 11.9 Å². The van der Waals surface area contributed by atoms with E-state index in [9.17, 15) is 0 Å². The summed E-state index contributed by atoms with van der Waals surface area (Å²) in [7, 11) is 0. The minimum Gasteiger partial charge on any atom is -0.338 e. The van der Waals surface area contributed by atoms with Crippen LogP contribution < -0.4 is 10.6 Å². The molecule has 0 radical (unpaired) electrons. The van der Waals surface area contributed by atoms with Crippen LogP contribution >= 0.6 is 0 Å². The predicted molar refractivity (Wildman–Crippen MR) is 145 cm³/mol. The normalized spacial score (nSPS) is 18.7. The molecule has 4 aromatic rings. The van der Waals surface area contributed by atoms with Crippen LogP contribution in [0.3, 0.4) is 0 Å². The van der Waals surface area contributed by atoms with Gasteiger partial charge in [-0.1, -0.05) is 54.8 Å². The number of nitrogens with one attached hydrogen (secondary N) is 2. The SMILES string of the molecule is Cc1c(N=C(C2CCCCC2)C2CN2)c(Nc2ccc(/C=C/c3ncno3)cc2)nc2ccccc12. The first kappa shape index (κ1) is 22.6. The molecule has 2 N–H and O–H groups in total. The van der Waals surface area contributed by atoms with Crippen LogP contribution in [0.5, 0.6) is 0 Å².